The van der Waals surface area contributed by atoms with E-state index in [1.165, 1.54) is 18.0 Å². The minimum atomic E-state index is -0.635. The Morgan fingerprint density at radius 1 is 1.26 bits per heavy atom. The first-order valence-electron chi connectivity index (χ1n) is 11.9. The van der Waals surface area contributed by atoms with Gasteiger partial charge in [-0.1, -0.05) is 30.4 Å². The summed E-state index contributed by atoms with van der Waals surface area (Å²) in [6, 6.07) is 5.38. The van der Waals surface area contributed by atoms with E-state index in [0.29, 0.717) is 30.5 Å². The summed E-state index contributed by atoms with van der Waals surface area (Å²) in [5.41, 5.74) is 3.80. The Kier molecular flexibility index (Phi) is 6.31. The molecule has 0 radical (unpaired) electrons. The molecule has 1 aromatic rings. The zero-order valence-electron chi connectivity index (χ0n) is 19.0. The van der Waals surface area contributed by atoms with E-state index in [2.05, 4.69) is 58.1 Å². The van der Waals surface area contributed by atoms with Crippen LogP contribution in [-0.2, 0) is 0 Å². The van der Waals surface area contributed by atoms with Crippen molar-refractivity contribution in [1.82, 2.24) is 20.5 Å². The minimum Gasteiger partial charge on any atom is -0.390 e. The SMILES string of the molecule is N#CC1C=C(C2=CC3C=CNCC3C(NC3CCN(C(=O)c4ccnc(F)c4)CC3)=C2)C=CC1. The topological polar surface area (TPSA) is 81.0 Å². The Hall–Kier alpha value is -3.66. The molecule has 3 atom stereocenters. The molecule has 1 saturated heterocycles. The van der Waals surface area contributed by atoms with Crippen molar-refractivity contribution < 1.29 is 9.18 Å². The second kappa shape index (κ2) is 9.68. The number of hydrogen-bond acceptors (Lipinski definition) is 5. The molecule has 0 aromatic carbocycles. The number of nitriles is 1. The van der Waals surface area contributed by atoms with Gasteiger partial charge in [0.2, 0.25) is 5.95 Å². The van der Waals surface area contributed by atoms with Gasteiger partial charge in [0.15, 0.2) is 0 Å². The molecule has 6 nitrogen and oxygen atoms in total. The Morgan fingerprint density at radius 3 is 2.91 bits per heavy atom. The fourth-order valence-corrected chi connectivity index (χ4v) is 5.14. The number of carbonyl (C=O) groups is 1. The number of hydrogen-bond donors (Lipinski definition) is 2. The molecule has 0 bridgehead atoms. The van der Waals surface area contributed by atoms with E-state index in [1.807, 2.05) is 6.20 Å². The molecular formula is C27H28FN5O. The Labute approximate surface area is 199 Å². The van der Waals surface area contributed by atoms with Gasteiger partial charge in [0.25, 0.3) is 5.91 Å². The number of likely N-dealkylation sites (tertiary alicyclic amines) is 1. The number of pyridine rings is 1. The molecule has 3 heterocycles. The number of aromatic nitrogens is 1. The summed E-state index contributed by atoms with van der Waals surface area (Å²) < 4.78 is 13.4. The van der Waals surface area contributed by atoms with Gasteiger partial charge < -0.3 is 15.5 Å². The number of halogens is 1. The van der Waals surface area contributed by atoms with Crippen molar-refractivity contribution in [3.05, 3.63) is 89.3 Å². The molecular weight excluding hydrogens is 429 g/mol. The van der Waals surface area contributed by atoms with Crippen LogP contribution in [0.1, 0.15) is 29.6 Å². The molecule has 1 amide bonds. The summed E-state index contributed by atoms with van der Waals surface area (Å²) >= 11 is 0. The summed E-state index contributed by atoms with van der Waals surface area (Å²) in [5.74, 6) is -0.240. The number of carbonyl (C=O) groups excluding carboxylic acids is 1. The number of fused-ring (bicyclic) bond motifs is 1. The standard InChI is InChI=1S/C27H28FN5O/c28-26-15-21(5-9-31-26)27(34)33-10-6-23(7-11-33)32-25-14-22(13-20-4-8-30-17-24(20)25)19-3-1-2-18(12-19)16-29/h1,3-5,8-9,12-15,18,20,23-24,30,32H,2,6-7,10-11,17H2. The minimum absolute atomic E-state index is 0.0808. The van der Waals surface area contributed by atoms with Crippen molar-refractivity contribution in [2.75, 3.05) is 19.6 Å². The van der Waals surface area contributed by atoms with Crippen LogP contribution >= 0.6 is 0 Å². The van der Waals surface area contributed by atoms with E-state index < -0.39 is 5.95 Å². The van der Waals surface area contributed by atoms with Gasteiger partial charge in [0.1, 0.15) is 0 Å². The number of nitrogens with one attached hydrogen (secondary N) is 2. The normalized spacial score (nSPS) is 26.4. The molecule has 1 aromatic heterocycles. The van der Waals surface area contributed by atoms with Crippen LogP contribution in [0.3, 0.4) is 0 Å². The third-order valence-corrected chi connectivity index (χ3v) is 7.01. The number of rotatable bonds is 4. The van der Waals surface area contributed by atoms with Gasteiger partial charge in [-0.2, -0.15) is 9.65 Å². The summed E-state index contributed by atoms with van der Waals surface area (Å²) in [6.45, 7) is 2.12. The highest BCUT2D eigenvalue weighted by Gasteiger charge is 2.31. The lowest BCUT2D eigenvalue weighted by molar-refractivity contribution is 0.0706. The lowest BCUT2D eigenvalue weighted by Crippen LogP contribution is -2.47. The first-order valence-corrected chi connectivity index (χ1v) is 11.9. The molecule has 0 saturated carbocycles. The number of allylic oxidation sites excluding steroid dienone is 8. The van der Waals surface area contributed by atoms with Crippen LogP contribution in [0.5, 0.6) is 0 Å². The molecule has 7 heteroatoms. The Morgan fingerprint density at radius 2 is 2.12 bits per heavy atom. The second-order valence-electron chi connectivity index (χ2n) is 9.25. The first-order chi connectivity index (χ1) is 16.6. The highest BCUT2D eigenvalue weighted by molar-refractivity contribution is 5.94. The largest absolute Gasteiger partial charge is 0.390 e. The molecule has 34 heavy (non-hydrogen) atoms. The van der Waals surface area contributed by atoms with Gasteiger partial charge in [-0.15, -0.1) is 0 Å². The third kappa shape index (κ3) is 4.67. The van der Waals surface area contributed by atoms with E-state index in [4.69, 9.17) is 0 Å². The molecule has 0 spiro atoms. The number of piperidine rings is 1. The van der Waals surface area contributed by atoms with Gasteiger partial charge in [-0.25, -0.2) is 4.98 Å². The molecule has 2 aliphatic heterocycles. The summed E-state index contributed by atoms with van der Waals surface area (Å²) in [4.78, 5) is 18.1. The van der Waals surface area contributed by atoms with E-state index in [9.17, 15) is 14.4 Å². The summed E-state index contributed by atoms with van der Waals surface area (Å²) in [5, 5.41) is 16.5. The lowest BCUT2D eigenvalue weighted by atomic mass is 9.78. The van der Waals surface area contributed by atoms with E-state index in [0.717, 1.165) is 37.0 Å². The first kappa shape index (κ1) is 22.1. The molecule has 174 valence electrons. The van der Waals surface area contributed by atoms with E-state index in [1.54, 1.807) is 11.0 Å². The highest BCUT2D eigenvalue weighted by Crippen LogP contribution is 2.35. The van der Waals surface area contributed by atoms with Gasteiger partial charge in [-0.05, 0) is 48.8 Å². The Bertz CT molecular complexity index is 1150. The predicted octanol–water partition coefficient (Wildman–Crippen LogP) is 3.61. The monoisotopic (exact) mass is 457 g/mol. The summed E-state index contributed by atoms with van der Waals surface area (Å²) in [6.07, 6.45) is 18.8. The molecule has 1 fully saturated rings. The average Bonchev–Trinajstić information content (AvgIpc) is 2.88. The van der Waals surface area contributed by atoms with Crippen LogP contribution in [0.15, 0.2) is 77.8 Å². The van der Waals surface area contributed by atoms with Crippen LogP contribution in [0.2, 0.25) is 0 Å². The number of nitrogens with zero attached hydrogens (tertiary/aromatic N) is 3. The van der Waals surface area contributed by atoms with Crippen LogP contribution in [0, 0.1) is 35.0 Å². The molecule has 4 aliphatic rings. The smallest absolute Gasteiger partial charge is 0.254 e. The maximum atomic E-state index is 13.4. The fourth-order valence-electron chi connectivity index (χ4n) is 5.14. The van der Waals surface area contributed by atoms with Crippen LogP contribution in [-0.4, -0.2) is 41.5 Å². The van der Waals surface area contributed by atoms with Gasteiger partial charge >= 0.3 is 0 Å². The Balaban J connectivity index is 1.28. The van der Waals surface area contributed by atoms with Crippen molar-refractivity contribution in [1.29, 1.82) is 5.26 Å². The van der Waals surface area contributed by atoms with Gasteiger partial charge in [0, 0.05) is 61.0 Å². The zero-order valence-corrected chi connectivity index (χ0v) is 19.0. The quantitative estimate of drug-likeness (QED) is 0.675. The van der Waals surface area contributed by atoms with Crippen molar-refractivity contribution in [3.8, 4) is 6.07 Å². The maximum Gasteiger partial charge on any atom is 0.254 e. The van der Waals surface area contributed by atoms with Gasteiger partial charge in [0.05, 0.1) is 12.0 Å². The summed E-state index contributed by atoms with van der Waals surface area (Å²) in [7, 11) is 0. The average molecular weight is 458 g/mol. The zero-order chi connectivity index (χ0) is 23.5. The molecule has 3 unspecified atom stereocenters. The van der Waals surface area contributed by atoms with Crippen molar-refractivity contribution in [3.63, 3.8) is 0 Å². The highest BCUT2D eigenvalue weighted by atomic mass is 19.1. The third-order valence-electron chi connectivity index (χ3n) is 7.01. The maximum absolute atomic E-state index is 13.4. The predicted molar refractivity (Wildman–Crippen MR) is 127 cm³/mol. The van der Waals surface area contributed by atoms with Crippen LogP contribution in [0.25, 0.3) is 0 Å². The van der Waals surface area contributed by atoms with Crippen LogP contribution in [0.4, 0.5) is 4.39 Å². The van der Waals surface area contributed by atoms with Gasteiger partial charge in [-0.3, -0.25) is 4.79 Å². The molecule has 5 rings (SSSR count). The van der Waals surface area contributed by atoms with Crippen molar-refractivity contribution >= 4 is 5.91 Å². The van der Waals surface area contributed by atoms with Crippen LogP contribution < -0.4 is 10.6 Å². The van der Waals surface area contributed by atoms with Crippen molar-refractivity contribution in [2.45, 2.75) is 25.3 Å². The second-order valence-corrected chi connectivity index (χ2v) is 9.25. The van der Waals surface area contributed by atoms with E-state index >= 15 is 0 Å². The molecule has 2 aliphatic carbocycles. The van der Waals surface area contributed by atoms with E-state index in [-0.39, 0.29) is 17.9 Å². The number of amides is 1. The molecule has 2 N–H and O–H groups in total. The fraction of sp³-hybridized carbons (Fsp3) is 0.370. The lowest BCUT2D eigenvalue weighted by Gasteiger charge is -2.38. The van der Waals surface area contributed by atoms with Crippen molar-refractivity contribution in [2.24, 2.45) is 17.8 Å².